The second-order valence-electron chi connectivity index (χ2n) is 6.96. The molecule has 7 heteroatoms. The largest absolute Gasteiger partial charge is 0.507 e. The molecule has 3 rings (SSSR count). The Kier molecular flexibility index (Phi) is 4.85. The Morgan fingerprint density at radius 2 is 1.70 bits per heavy atom. The van der Waals surface area contributed by atoms with Crippen LogP contribution in [0.1, 0.15) is 35.3 Å². The topological polar surface area (TPSA) is 98.7 Å². The van der Waals surface area contributed by atoms with Crippen molar-refractivity contribution >= 4 is 17.8 Å². The first-order chi connectivity index (χ1) is 12.8. The number of nitrogens with one attached hydrogen (secondary N) is 2. The molecule has 0 bridgehead atoms. The molecule has 1 aliphatic heterocycles. The number of rotatable bonds is 5. The fraction of sp³-hybridized carbons (Fsp3) is 0.250. The van der Waals surface area contributed by atoms with Gasteiger partial charge in [0.2, 0.25) is 0 Å². The highest BCUT2D eigenvalue weighted by atomic mass is 16.3. The fourth-order valence-corrected chi connectivity index (χ4v) is 2.85. The molecule has 1 aliphatic rings. The van der Waals surface area contributed by atoms with Gasteiger partial charge in [-0.2, -0.15) is 0 Å². The summed E-state index contributed by atoms with van der Waals surface area (Å²) in [5.41, 5.74) is 1.01. The van der Waals surface area contributed by atoms with E-state index in [0.717, 1.165) is 11.1 Å². The molecule has 0 radical (unpaired) electrons. The van der Waals surface area contributed by atoms with Crippen LogP contribution in [-0.4, -0.2) is 33.4 Å². The molecule has 0 spiro atoms. The van der Waals surface area contributed by atoms with Crippen molar-refractivity contribution in [2.24, 2.45) is 0 Å². The predicted octanol–water partition coefficient (Wildman–Crippen LogP) is 2.15. The summed E-state index contributed by atoms with van der Waals surface area (Å²) < 4.78 is 0. The molecule has 27 heavy (non-hydrogen) atoms. The van der Waals surface area contributed by atoms with Crippen LogP contribution in [0.4, 0.5) is 4.79 Å². The van der Waals surface area contributed by atoms with Gasteiger partial charge in [-0.1, -0.05) is 36.4 Å². The van der Waals surface area contributed by atoms with Gasteiger partial charge in [-0.05, 0) is 37.1 Å². The van der Waals surface area contributed by atoms with Gasteiger partial charge in [0.05, 0.1) is 12.1 Å². The average Bonchev–Trinajstić information content (AvgIpc) is 2.83. The van der Waals surface area contributed by atoms with Crippen molar-refractivity contribution in [2.75, 3.05) is 0 Å². The van der Waals surface area contributed by atoms with Crippen LogP contribution in [0.25, 0.3) is 0 Å². The molecule has 7 nitrogen and oxygen atoms in total. The zero-order valence-corrected chi connectivity index (χ0v) is 15.2. The van der Waals surface area contributed by atoms with Crippen molar-refractivity contribution in [3.63, 3.8) is 0 Å². The Morgan fingerprint density at radius 1 is 1.07 bits per heavy atom. The molecule has 3 N–H and O–H groups in total. The van der Waals surface area contributed by atoms with E-state index in [1.165, 1.54) is 11.0 Å². The summed E-state index contributed by atoms with van der Waals surface area (Å²) in [6.45, 7) is 3.83. The number of amides is 4. The number of nitrogens with zero attached hydrogens (tertiary/aromatic N) is 1. The molecule has 0 unspecified atom stereocenters. The van der Waals surface area contributed by atoms with Crippen molar-refractivity contribution in [3.05, 3.63) is 65.2 Å². The van der Waals surface area contributed by atoms with Gasteiger partial charge in [0, 0.05) is 6.54 Å². The normalized spacial score (nSPS) is 15.6. The Balaban J connectivity index is 1.59. The van der Waals surface area contributed by atoms with Crippen LogP contribution in [0.5, 0.6) is 5.75 Å². The Labute approximate surface area is 157 Å². The van der Waals surface area contributed by atoms with Crippen LogP contribution in [-0.2, 0) is 17.9 Å². The minimum absolute atomic E-state index is 0.0678. The second kappa shape index (κ2) is 7.11. The van der Waals surface area contributed by atoms with Gasteiger partial charge in [0.25, 0.3) is 11.8 Å². The maximum Gasteiger partial charge on any atom is 0.325 e. The first kappa shape index (κ1) is 18.4. The van der Waals surface area contributed by atoms with Crippen LogP contribution in [0.15, 0.2) is 48.5 Å². The van der Waals surface area contributed by atoms with Crippen molar-refractivity contribution in [2.45, 2.75) is 32.5 Å². The van der Waals surface area contributed by atoms with Crippen LogP contribution < -0.4 is 10.6 Å². The molecular weight excluding hydrogens is 346 g/mol. The highest BCUT2D eigenvalue weighted by molar-refractivity contribution is 6.06. The molecule has 0 saturated carbocycles. The number of urea groups is 1. The Hall–Kier alpha value is -3.35. The number of imide groups is 1. The number of hydrogen-bond acceptors (Lipinski definition) is 4. The molecule has 0 aliphatic carbocycles. The molecule has 0 aromatic heterocycles. The summed E-state index contributed by atoms with van der Waals surface area (Å²) in [5.74, 6) is -0.688. The van der Waals surface area contributed by atoms with Gasteiger partial charge in [-0.25, -0.2) is 4.79 Å². The number of phenolic OH excluding ortho intramolecular Hbond substituents is 1. The predicted molar refractivity (Wildman–Crippen MR) is 98.9 cm³/mol. The van der Waals surface area contributed by atoms with Crippen molar-refractivity contribution in [1.29, 1.82) is 0 Å². The van der Waals surface area contributed by atoms with Gasteiger partial charge in [-0.15, -0.1) is 0 Å². The van der Waals surface area contributed by atoms with Crippen LogP contribution in [0.2, 0.25) is 0 Å². The molecule has 1 saturated heterocycles. The van der Waals surface area contributed by atoms with E-state index in [2.05, 4.69) is 10.6 Å². The van der Waals surface area contributed by atoms with Gasteiger partial charge in [0.15, 0.2) is 0 Å². The van der Waals surface area contributed by atoms with E-state index in [9.17, 15) is 19.5 Å². The van der Waals surface area contributed by atoms with E-state index in [1.807, 2.05) is 24.3 Å². The Morgan fingerprint density at radius 3 is 2.30 bits per heavy atom. The van der Waals surface area contributed by atoms with E-state index in [-0.39, 0.29) is 29.7 Å². The van der Waals surface area contributed by atoms with Crippen LogP contribution in [0, 0.1) is 0 Å². The van der Waals surface area contributed by atoms with E-state index < -0.39 is 11.6 Å². The summed E-state index contributed by atoms with van der Waals surface area (Å²) in [6.07, 6.45) is 0. The van der Waals surface area contributed by atoms with Gasteiger partial charge in [0.1, 0.15) is 11.3 Å². The zero-order valence-electron chi connectivity index (χ0n) is 15.2. The number of phenols is 1. The standard InChI is InChI=1S/C20H21N3O4/c1-20(2)18(26)23(19(27)22-20)12-14-9-7-13(8-10-14)11-21-17(25)15-5-3-4-6-16(15)24/h3-10,24H,11-12H2,1-2H3,(H,21,25)(H,22,27). The SMILES string of the molecule is CC1(C)NC(=O)N(Cc2ccc(CNC(=O)c3ccccc3O)cc2)C1=O. The first-order valence-corrected chi connectivity index (χ1v) is 8.56. The number of carbonyl (C=O) groups excluding carboxylic acids is 3. The van der Waals surface area contributed by atoms with Crippen LogP contribution in [0.3, 0.4) is 0 Å². The van der Waals surface area contributed by atoms with E-state index >= 15 is 0 Å². The second-order valence-corrected chi connectivity index (χ2v) is 6.96. The first-order valence-electron chi connectivity index (χ1n) is 8.56. The third-order valence-corrected chi connectivity index (χ3v) is 4.41. The molecule has 0 atom stereocenters. The third kappa shape index (κ3) is 3.92. The number of aromatic hydroxyl groups is 1. The number of hydrogen-bond donors (Lipinski definition) is 3. The lowest BCUT2D eigenvalue weighted by molar-refractivity contribution is -0.130. The van der Waals surface area contributed by atoms with E-state index in [4.69, 9.17) is 0 Å². The van der Waals surface area contributed by atoms with Gasteiger partial charge >= 0.3 is 6.03 Å². The molecular formula is C20H21N3O4. The van der Waals surface area contributed by atoms with Crippen molar-refractivity contribution in [1.82, 2.24) is 15.5 Å². The highest BCUT2D eigenvalue weighted by Crippen LogP contribution is 2.19. The highest BCUT2D eigenvalue weighted by Gasteiger charge is 2.43. The lowest BCUT2D eigenvalue weighted by Gasteiger charge is -2.16. The molecule has 4 amide bonds. The number of para-hydroxylation sites is 1. The number of carbonyl (C=O) groups is 3. The summed E-state index contributed by atoms with van der Waals surface area (Å²) in [6, 6.07) is 13.2. The monoisotopic (exact) mass is 367 g/mol. The maximum absolute atomic E-state index is 12.2. The summed E-state index contributed by atoms with van der Waals surface area (Å²) >= 11 is 0. The molecule has 2 aromatic rings. The smallest absolute Gasteiger partial charge is 0.325 e. The maximum atomic E-state index is 12.2. The summed E-state index contributed by atoms with van der Waals surface area (Å²) in [4.78, 5) is 37.5. The summed E-state index contributed by atoms with van der Waals surface area (Å²) in [7, 11) is 0. The molecule has 1 heterocycles. The fourth-order valence-electron chi connectivity index (χ4n) is 2.85. The van der Waals surface area contributed by atoms with Gasteiger partial charge in [-0.3, -0.25) is 14.5 Å². The molecule has 2 aromatic carbocycles. The van der Waals surface area contributed by atoms with Gasteiger partial charge < -0.3 is 15.7 Å². The van der Waals surface area contributed by atoms with Crippen LogP contribution >= 0.6 is 0 Å². The average molecular weight is 367 g/mol. The lowest BCUT2D eigenvalue weighted by atomic mass is 10.1. The quantitative estimate of drug-likeness (QED) is 0.705. The molecule has 1 fully saturated rings. The third-order valence-electron chi connectivity index (χ3n) is 4.41. The van der Waals surface area contributed by atoms with Crippen molar-refractivity contribution < 1.29 is 19.5 Å². The number of benzene rings is 2. The lowest BCUT2D eigenvalue weighted by Crippen LogP contribution is -2.40. The Bertz CT molecular complexity index is 890. The minimum atomic E-state index is -0.885. The minimum Gasteiger partial charge on any atom is -0.507 e. The molecule has 140 valence electrons. The zero-order chi connectivity index (χ0) is 19.6. The van der Waals surface area contributed by atoms with E-state index in [1.54, 1.807) is 32.0 Å². The summed E-state index contributed by atoms with van der Waals surface area (Å²) in [5, 5.41) is 15.1. The van der Waals surface area contributed by atoms with E-state index in [0.29, 0.717) is 6.54 Å². The van der Waals surface area contributed by atoms with Crippen molar-refractivity contribution in [3.8, 4) is 5.75 Å².